The lowest BCUT2D eigenvalue weighted by Gasteiger charge is -2.09. The van der Waals surface area contributed by atoms with E-state index in [0.717, 1.165) is 0 Å². The van der Waals surface area contributed by atoms with Crippen molar-refractivity contribution in [2.75, 3.05) is 11.1 Å². The predicted octanol–water partition coefficient (Wildman–Crippen LogP) is 2.72. The van der Waals surface area contributed by atoms with E-state index in [1.54, 1.807) is 35.7 Å². The number of nitrogens with two attached hydrogens (primary N) is 1. The third-order valence-electron chi connectivity index (χ3n) is 2.73. The minimum absolute atomic E-state index is 0.0821. The Kier molecular flexibility index (Phi) is 4.59. The molecule has 0 radical (unpaired) electrons. The van der Waals surface area contributed by atoms with Crippen LogP contribution in [0.4, 0.5) is 11.4 Å². The number of amides is 2. The summed E-state index contributed by atoms with van der Waals surface area (Å²) in [4.78, 5) is 24.3. The van der Waals surface area contributed by atoms with Crippen LogP contribution in [0, 0.1) is 0 Å². The second kappa shape index (κ2) is 6.41. The van der Waals surface area contributed by atoms with Crippen molar-refractivity contribution in [2.24, 2.45) is 0 Å². The maximum absolute atomic E-state index is 12.0. The molecule has 0 unspecified atom stereocenters. The highest BCUT2D eigenvalue weighted by Crippen LogP contribution is 2.20. The lowest BCUT2D eigenvalue weighted by atomic mass is 10.2. The lowest BCUT2D eigenvalue weighted by Crippen LogP contribution is -2.30. The molecule has 1 aromatic carbocycles. The molecule has 4 N–H and O–H groups in total. The minimum Gasteiger partial charge on any atom is -0.397 e. The second-order valence-corrected chi connectivity index (χ2v) is 5.78. The van der Waals surface area contributed by atoms with Gasteiger partial charge in [0, 0.05) is 17.3 Å². The zero-order valence-corrected chi connectivity index (χ0v) is 12.7. The van der Waals surface area contributed by atoms with Gasteiger partial charge in [-0.1, -0.05) is 0 Å². The number of benzene rings is 1. The topological polar surface area (TPSA) is 84.2 Å². The van der Waals surface area contributed by atoms with Crippen LogP contribution in [0.5, 0.6) is 0 Å². The Morgan fingerprint density at radius 2 is 1.76 bits per heavy atom. The van der Waals surface area contributed by atoms with E-state index in [-0.39, 0.29) is 17.9 Å². The molecule has 0 atom stereocenters. The van der Waals surface area contributed by atoms with Crippen molar-refractivity contribution < 1.29 is 9.59 Å². The molecule has 1 aromatic heterocycles. The predicted molar refractivity (Wildman–Crippen MR) is 85.7 cm³/mol. The first-order chi connectivity index (χ1) is 9.97. The van der Waals surface area contributed by atoms with Crippen LogP contribution in [-0.4, -0.2) is 17.9 Å². The SMILES string of the molecule is CC(C)NC(=O)c1ccc(NC(=O)c2sccc2N)cc1. The van der Waals surface area contributed by atoms with Crippen molar-refractivity contribution in [1.82, 2.24) is 5.32 Å². The van der Waals surface area contributed by atoms with Crippen LogP contribution in [0.1, 0.15) is 33.9 Å². The zero-order chi connectivity index (χ0) is 15.4. The average molecular weight is 303 g/mol. The molecule has 5 nitrogen and oxygen atoms in total. The van der Waals surface area contributed by atoms with Crippen LogP contribution in [0.25, 0.3) is 0 Å². The summed E-state index contributed by atoms with van der Waals surface area (Å²) in [5, 5.41) is 7.33. The van der Waals surface area contributed by atoms with Gasteiger partial charge in [0.15, 0.2) is 0 Å². The zero-order valence-electron chi connectivity index (χ0n) is 11.8. The third-order valence-corrected chi connectivity index (χ3v) is 3.66. The first kappa shape index (κ1) is 15.1. The van der Waals surface area contributed by atoms with E-state index in [2.05, 4.69) is 10.6 Å². The van der Waals surface area contributed by atoms with Gasteiger partial charge in [-0.3, -0.25) is 9.59 Å². The van der Waals surface area contributed by atoms with Crippen LogP contribution in [0.2, 0.25) is 0 Å². The number of anilines is 2. The van der Waals surface area contributed by atoms with Gasteiger partial charge in [0.1, 0.15) is 4.88 Å². The van der Waals surface area contributed by atoms with Gasteiger partial charge in [-0.2, -0.15) is 0 Å². The van der Waals surface area contributed by atoms with Crippen molar-refractivity contribution in [3.63, 3.8) is 0 Å². The molecule has 1 heterocycles. The van der Waals surface area contributed by atoms with Crippen molar-refractivity contribution in [2.45, 2.75) is 19.9 Å². The molecule has 0 saturated carbocycles. The monoisotopic (exact) mass is 303 g/mol. The Morgan fingerprint density at radius 3 is 2.29 bits per heavy atom. The number of thiophene rings is 1. The molecule has 0 bridgehead atoms. The Labute approximate surface area is 127 Å². The molecular formula is C15H17N3O2S. The quantitative estimate of drug-likeness (QED) is 0.812. The van der Waals surface area contributed by atoms with Crippen LogP contribution < -0.4 is 16.4 Å². The Bertz CT molecular complexity index is 647. The van der Waals surface area contributed by atoms with E-state index in [9.17, 15) is 9.59 Å². The maximum Gasteiger partial charge on any atom is 0.267 e. The highest BCUT2D eigenvalue weighted by Gasteiger charge is 2.12. The minimum atomic E-state index is -0.248. The molecule has 110 valence electrons. The molecule has 2 rings (SSSR count). The molecule has 0 fully saturated rings. The first-order valence-electron chi connectivity index (χ1n) is 6.52. The lowest BCUT2D eigenvalue weighted by molar-refractivity contribution is 0.0942. The average Bonchev–Trinajstić information content (AvgIpc) is 2.85. The highest BCUT2D eigenvalue weighted by atomic mass is 32.1. The second-order valence-electron chi connectivity index (χ2n) is 4.86. The molecule has 0 spiro atoms. The van der Waals surface area contributed by atoms with Gasteiger partial charge in [-0.15, -0.1) is 11.3 Å². The fourth-order valence-corrected chi connectivity index (χ4v) is 2.45. The Morgan fingerprint density at radius 1 is 1.10 bits per heavy atom. The summed E-state index contributed by atoms with van der Waals surface area (Å²) in [7, 11) is 0. The summed E-state index contributed by atoms with van der Waals surface area (Å²) in [6.45, 7) is 3.80. The van der Waals surface area contributed by atoms with E-state index in [0.29, 0.717) is 21.8 Å². The fraction of sp³-hybridized carbons (Fsp3) is 0.200. The number of hydrogen-bond donors (Lipinski definition) is 3. The molecule has 6 heteroatoms. The molecule has 0 aliphatic rings. The fourth-order valence-electron chi connectivity index (χ4n) is 1.74. The summed E-state index contributed by atoms with van der Waals surface area (Å²) in [6.07, 6.45) is 0. The normalized spacial score (nSPS) is 10.4. The number of rotatable bonds is 4. The highest BCUT2D eigenvalue weighted by molar-refractivity contribution is 7.12. The number of nitrogen functional groups attached to an aromatic ring is 1. The molecule has 2 amide bonds. The number of carbonyl (C=O) groups is 2. The van der Waals surface area contributed by atoms with Crippen LogP contribution in [-0.2, 0) is 0 Å². The van der Waals surface area contributed by atoms with E-state index >= 15 is 0 Å². The Hall–Kier alpha value is -2.34. The number of carbonyl (C=O) groups excluding carboxylic acids is 2. The van der Waals surface area contributed by atoms with E-state index in [4.69, 9.17) is 5.73 Å². The van der Waals surface area contributed by atoms with Gasteiger partial charge in [0.25, 0.3) is 11.8 Å². The van der Waals surface area contributed by atoms with Gasteiger partial charge in [-0.25, -0.2) is 0 Å². The van der Waals surface area contributed by atoms with Crippen LogP contribution >= 0.6 is 11.3 Å². The van der Waals surface area contributed by atoms with Crippen molar-refractivity contribution >= 4 is 34.5 Å². The molecule has 0 aliphatic carbocycles. The van der Waals surface area contributed by atoms with Gasteiger partial charge in [-0.05, 0) is 49.6 Å². The molecular weight excluding hydrogens is 286 g/mol. The first-order valence-corrected chi connectivity index (χ1v) is 7.40. The third kappa shape index (κ3) is 3.82. The maximum atomic E-state index is 12.0. The molecule has 0 saturated heterocycles. The van der Waals surface area contributed by atoms with Gasteiger partial charge >= 0.3 is 0 Å². The largest absolute Gasteiger partial charge is 0.397 e. The summed E-state index contributed by atoms with van der Waals surface area (Å²) in [5.41, 5.74) is 7.34. The molecule has 2 aromatic rings. The van der Waals surface area contributed by atoms with Gasteiger partial charge < -0.3 is 16.4 Å². The molecule has 21 heavy (non-hydrogen) atoms. The van der Waals surface area contributed by atoms with Crippen molar-refractivity contribution in [1.29, 1.82) is 0 Å². The van der Waals surface area contributed by atoms with Gasteiger partial charge in [0.2, 0.25) is 0 Å². The summed E-state index contributed by atoms with van der Waals surface area (Å²) < 4.78 is 0. The van der Waals surface area contributed by atoms with Gasteiger partial charge in [0.05, 0.1) is 5.69 Å². The summed E-state index contributed by atoms with van der Waals surface area (Å²) >= 11 is 1.29. The summed E-state index contributed by atoms with van der Waals surface area (Å²) in [6, 6.07) is 8.50. The van der Waals surface area contributed by atoms with E-state index in [1.165, 1.54) is 11.3 Å². The summed E-state index contributed by atoms with van der Waals surface area (Å²) in [5.74, 6) is -0.382. The van der Waals surface area contributed by atoms with Crippen molar-refractivity contribution in [3.05, 3.63) is 46.2 Å². The van der Waals surface area contributed by atoms with Crippen LogP contribution in [0.3, 0.4) is 0 Å². The molecule has 0 aliphatic heterocycles. The number of nitrogens with one attached hydrogen (secondary N) is 2. The van der Waals surface area contributed by atoms with Crippen LogP contribution in [0.15, 0.2) is 35.7 Å². The Balaban J connectivity index is 2.04. The number of hydrogen-bond acceptors (Lipinski definition) is 4. The van der Waals surface area contributed by atoms with E-state index in [1.807, 2.05) is 13.8 Å². The smallest absolute Gasteiger partial charge is 0.267 e. The van der Waals surface area contributed by atoms with E-state index < -0.39 is 0 Å². The van der Waals surface area contributed by atoms with Crippen molar-refractivity contribution in [3.8, 4) is 0 Å². The standard InChI is InChI=1S/C15H17N3O2S/c1-9(2)17-14(19)10-3-5-11(6-4-10)18-15(20)13-12(16)7-8-21-13/h3-9H,16H2,1-2H3,(H,17,19)(H,18,20).